The third-order valence-corrected chi connectivity index (χ3v) is 5.33. The van der Waals surface area contributed by atoms with Gasteiger partial charge in [-0.2, -0.15) is 0 Å². The van der Waals surface area contributed by atoms with Crippen LogP contribution in [-0.4, -0.2) is 68.3 Å². The summed E-state index contributed by atoms with van der Waals surface area (Å²) in [5.74, 6) is 1.47. The van der Waals surface area contributed by atoms with Gasteiger partial charge in [-0.15, -0.1) is 0 Å². The molecule has 0 saturated carbocycles. The van der Waals surface area contributed by atoms with Crippen molar-refractivity contribution in [2.45, 2.75) is 20.3 Å². The number of esters is 1. The molecule has 0 aliphatic carbocycles. The largest absolute Gasteiger partial charge is 0.493 e. The van der Waals surface area contributed by atoms with Crippen molar-refractivity contribution in [3.8, 4) is 11.5 Å². The molecule has 3 rings (SSSR count). The zero-order valence-corrected chi connectivity index (χ0v) is 19.5. The minimum absolute atomic E-state index is 0.0498. The molecule has 0 unspecified atom stereocenters. The number of ether oxygens (including phenoxy) is 3. The maximum Gasteiger partial charge on any atom is 0.339 e. The van der Waals surface area contributed by atoms with Crippen LogP contribution in [0.15, 0.2) is 42.6 Å². The van der Waals surface area contributed by atoms with Crippen LogP contribution >= 0.6 is 0 Å². The molecule has 1 aromatic carbocycles. The topological polar surface area (TPSA) is 81.2 Å². The minimum Gasteiger partial charge on any atom is -0.493 e. The highest BCUT2D eigenvalue weighted by molar-refractivity contribution is 5.89. The van der Waals surface area contributed by atoms with Gasteiger partial charge in [-0.05, 0) is 50.1 Å². The van der Waals surface area contributed by atoms with E-state index in [9.17, 15) is 9.59 Å². The molecule has 33 heavy (non-hydrogen) atoms. The number of aromatic nitrogens is 1. The Morgan fingerprint density at radius 3 is 2.64 bits per heavy atom. The second-order valence-electron chi connectivity index (χ2n) is 7.55. The van der Waals surface area contributed by atoms with Crippen molar-refractivity contribution in [2.24, 2.45) is 0 Å². The van der Waals surface area contributed by atoms with E-state index >= 15 is 0 Å². The fraction of sp³-hybridized carbons (Fsp3) is 0.400. The van der Waals surface area contributed by atoms with E-state index in [0.717, 1.165) is 24.3 Å². The molecule has 2 heterocycles. The average Bonchev–Trinajstić information content (AvgIpc) is 3.10. The van der Waals surface area contributed by atoms with Crippen molar-refractivity contribution < 1.29 is 23.8 Å². The van der Waals surface area contributed by atoms with Crippen LogP contribution in [0, 0.1) is 0 Å². The Morgan fingerprint density at radius 2 is 1.94 bits per heavy atom. The number of carbonyl (C=O) groups excluding carboxylic acids is 2. The van der Waals surface area contributed by atoms with E-state index in [4.69, 9.17) is 14.2 Å². The Balaban J connectivity index is 1.55. The summed E-state index contributed by atoms with van der Waals surface area (Å²) < 4.78 is 16.2. The summed E-state index contributed by atoms with van der Waals surface area (Å²) in [5.41, 5.74) is 1.43. The van der Waals surface area contributed by atoms with Gasteiger partial charge in [-0.3, -0.25) is 4.79 Å². The molecule has 1 fully saturated rings. The Morgan fingerprint density at radius 1 is 1.09 bits per heavy atom. The molecule has 1 aliphatic rings. The molecule has 8 heteroatoms. The zero-order valence-electron chi connectivity index (χ0n) is 19.5. The van der Waals surface area contributed by atoms with E-state index < -0.39 is 0 Å². The van der Waals surface area contributed by atoms with Crippen molar-refractivity contribution in [3.05, 3.63) is 53.7 Å². The second-order valence-corrected chi connectivity index (χ2v) is 7.55. The van der Waals surface area contributed by atoms with Gasteiger partial charge in [0.15, 0.2) is 18.1 Å². The molecular formula is C25H31N3O5. The predicted octanol–water partition coefficient (Wildman–Crippen LogP) is 3.42. The molecule has 0 N–H and O–H groups in total. The van der Waals surface area contributed by atoms with Gasteiger partial charge in [0.25, 0.3) is 5.91 Å². The van der Waals surface area contributed by atoms with E-state index in [-0.39, 0.29) is 18.5 Å². The summed E-state index contributed by atoms with van der Waals surface area (Å²) >= 11 is 0. The van der Waals surface area contributed by atoms with Crippen LogP contribution < -0.4 is 14.4 Å². The van der Waals surface area contributed by atoms with Gasteiger partial charge < -0.3 is 24.0 Å². The molecule has 1 saturated heterocycles. The van der Waals surface area contributed by atoms with Gasteiger partial charge in [0.1, 0.15) is 5.82 Å². The SMILES string of the molecule is C/C=C/c1ccc(OCC(=O)N2CCCN(c3ccc(C(=O)OCC)cn3)CC2)c(OC)c1. The fourth-order valence-electron chi connectivity index (χ4n) is 3.63. The Labute approximate surface area is 194 Å². The lowest BCUT2D eigenvalue weighted by Gasteiger charge is -2.23. The molecule has 0 radical (unpaired) electrons. The molecule has 2 aromatic rings. The third kappa shape index (κ3) is 6.47. The van der Waals surface area contributed by atoms with Crippen LogP contribution in [0.4, 0.5) is 5.82 Å². The van der Waals surface area contributed by atoms with Crippen molar-refractivity contribution >= 4 is 23.8 Å². The minimum atomic E-state index is -0.378. The first-order valence-electron chi connectivity index (χ1n) is 11.1. The number of hydrogen-bond donors (Lipinski definition) is 0. The highest BCUT2D eigenvalue weighted by atomic mass is 16.5. The van der Waals surface area contributed by atoms with E-state index in [0.29, 0.717) is 43.3 Å². The van der Waals surface area contributed by atoms with Gasteiger partial charge in [0.05, 0.1) is 19.3 Å². The standard InChI is InChI=1S/C25H31N3O5/c1-4-7-19-8-10-21(22(16-19)31-3)33-18-24(29)28-13-6-12-27(14-15-28)23-11-9-20(17-26-23)25(30)32-5-2/h4,7-11,16-17H,5-6,12-15,18H2,1-3H3/b7-4+. The number of amides is 1. The van der Waals surface area contributed by atoms with Crippen molar-refractivity contribution in [1.82, 2.24) is 9.88 Å². The summed E-state index contributed by atoms with van der Waals surface area (Å²) in [5, 5.41) is 0. The molecule has 1 aliphatic heterocycles. The molecule has 0 spiro atoms. The Hall–Kier alpha value is -3.55. The number of benzene rings is 1. The van der Waals surface area contributed by atoms with E-state index in [1.54, 1.807) is 20.1 Å². The van der Waals surface area contributed by atoms with Crippen LogP contribution in [0.25, 0.3) is 6.08 Å². The molecule has 1 amide bonds. The van der Waals surface area contributed by atoms with Crippen LogP contribution in [0.2, 0.25) is 0 Å². The first-order valence-corrected chi connectivity index (χ1v) is 11.1. The zero-order chi connectivity index (χ0) is 23.6. The maximum atomic E-state index is 12.8. The lowest BCUT2D eigenvalue weighted by atomic mass is 10.2. The smallest absolute Gasteiger partial charge is 0.339 e. The summed E-state index contributed by atoms with van der Waals surface area (Å²) in [6.45, 7) is 6.65. The normalized spacial score (nSPS) is 14.2. The van der Waals surface area contributed by atoms with Gasteiger partial charge in [-0.25, -0.2) is 9.78 Å². The molecule has 1 aromatic heterocycles. The van der Waals surface area contributed by atoms with Crippen molar-refractivity contribution in [3.63, 3.8) is 0 Å². The van der Waals surface area contributed by atoms with Crippen molar-refractivity contribution in [2.75, 3.05) is 51.4 Å². The third-order valence-electron chi connectivity index (χ3n) is 5.33. The first kappa shape index (κ1) is 24.1. The molecular weight excluding hydrogens is 422 g/mol. The Kier molecular flexibility index (Phi) is 8.69. The van der Waals surface area contributed by atoms with E-state index in [1.807, 2.05) is 48.2 Å². The van der Waals surface area contributed by atoms with Gasteiger partial charge in [0.2, 0.25) is 0 Å². The highest BCUT2D eigenvalue weighted by Gasteiger charge is 2.21. The molecule has 0 atom stereocenters. The fourth-order valence-corrected chi connectivity index (χ4v) is 3.63. The summed E-state index contributed by atoms with van der Waals surface area (Å²) in [4.78, 5) is 32.9. The number of pyridine rings is 1. The van der Waals surface area contributed by atoms with Gasteiger partial charge in [0, 0.05) is 32.4 Å². The number of rotatable bonds is 8. The van der Waals surface area contributed by atoms with Crippen LogP contribution in [0.3, 0.4) is 0 Å². The Bertz CT molecular complexity index is 975. The maximum absolute atomic E-state index is 12.8. The highest BCUT2D eigenvalue weighted by Crippen LogP contribution is 2.28. The van der Waals surface area contributed by atoms with Crippen LogP contribution in [0.5, 0.6) is 11.5 Å². The van der Waals surface area contributed by atoms with Crippen LogP contribution in [0.1, 0.15) is 36.2 Å². The number of carbonyl (C=O) groups is 2. The van der Waals surface area contributed by atoms with Gasteiger partial charge >= 0.3 is 5.97 Å². The summed E-state index contributed by atoms with van der Waals surface area (Å²) in [6, 6.07) is 9.15. The number of nitrogens with zero attached hydrogens (tertiary/aromatic N) is 3. The monoisotopic (exact) mass is 453 g/mol. The molecule has 8 nitrogen and oxygen atoms in total. The number of anilines is 1. The number of allylic oxidation sites excluding steroid dienone is 1. The lowest BCUT2D eigenvalue weighted by Crippen LogP contribution is -2.38. The second kappa shape index (κ2) is 11.9. The van der Waals surface area contributed by atoms with Crippen LogP contribution in [-0.2, 0) is 9.53 Å². The summed E-state index contributed by atoms with van der Waals surface area (Å²) in [6.07, 6.45) is 6.27. The molecule has 0 bridgehead atoms. The first-order chi connectivity index (χ1) is 16.0. The van der Waals surface area contributed by atoms with E-state index in [2.05, 4.69) is 9.88 Å². The van der Waals surface area contributed by atoms with E-state index in [1.165, 1.54) is 6.20 Å². The predicted molar refractivity (Wildman–Crippen MR) is 127 cm³/mol. The molecule has 176 valence electrons. The van der Waals surface area contributed by atoms with Crippen molar-refractivity contribution in [1.29, 1.82) is 0 Å². The summed E-state index contributed by atoms with van der Waals surface area (Å²) in [7, 11) is 1.58. The van der Waals surface area contributed by atoms with Gasteiger partial charge in [-0.1, -0.05) is 18.2 Å². The lowest BCUT2D eigenvalue weighted by molar-refractivity contribution is -0.133. The number of hydrogen-bond acceptors (Lipinski definition) is 7. The number of methoxy groups -OCH3 is 1. The quantitative estimate of drug-likeness (QED) is 0.567. The average molecular weight is 454 g/mol.